The predicted molar refractivity (Wildman–Crippen MR) is 112 cm³/mol. The van der Waals surface area contributed by atoms with Gasteiger partial charge in [-0.2, -0.15) is 0 Å². The zero-order valence-corrected chi connectivity index (χ0v) is 17.4. The van der Waals surface area contributed by atoms with Gasteiger partial charge in [-0.3, -0.25) is 4.79 Å². The topological polar surface area (TPSA) is 49.8 Å². The van der Waals surface area contributed by atoms with E-state index in [-0.39, 0.29) is 0 Å². The minimum Gasteiger partial charge on any atom is -0.490 e. The van der Waals surface area contributed by atoms with Crippen molar-refractivity contribution < 1.29 is 14.6 Å². The summed E-state index contributed by atoms with van der Waals surface area (Å²) in [6.07, 6.45) is 12.5. The molecule has 0 bridgehead atoms. The Kier molecular flexibility index (Phi) is 6.05. The van der Waals surface area contributed by atoms with E-state index >= 15 is 0 Å². The fraction of sp³-hybridized carbons (Fsp3) is 0.696. The Morgan fingerprint density at radius 2 is 1.86 bits per heavy atom. The van der Waals surface area contributed by atoms with Gasteiger partial charge in [0.2, 0.25) is 0 Å². The van der Waals surface area contributed by atoms with E-state index < -0.39 is 5.97 Å². The van der Waals surface area contributed by atoms with Gasteiger partial charge in [0.05, 0.1) is 16.8 Å². The Bertz CT molecular complexity index is 685. The molecule has 1 spiro atoms. The molecule has 1 heterocycles. The third kappa shape index (κ3) is 4.59. The van der Waals surface area contributed by atoms with Gasteiger partial charge in [0, 0.05) is 25.6 Å². The maximum Gasteiger partial charge on any atom is 0.303 e. The van der Waals surface area contributed by atoms with Crippen LogP contribution in [0.2, 0.25) is 5.02 Å². The summed E-state index contributed by atoms with van der Waals surface area (Å²) < 4.78 is 6.07. The van der Waals surface area contributed by atoms with Crippen LogP contribution in [0.1, 0.15) is 70.6 Å². The average molecular weight is 406 g/mol. The van der Waals surface area contributed by atoms with Crippen molar-refractivity contribution in [2.24, 2.45) is 11.3 Å². The molecule has 0 radical (unpaired) electrons. The van der Waals surface area contributed by atoms with E-state index in [1.165, 1.54) is 44.9 Å². The molecule has 3 fully saturated rings. The first-order valence-electron chi connectivity index (χ1n) is 11.0. The van der Waals surface area contributed by atoms with E-state index in [9.17, 15) is 4.79 Å². The highest BCUT2D eigenvalue weighted by atomic mass is 35.5. The molecule has 1 saturated heterocycles. The summed E-state index contributed by atoms with van der Waals surface area (Å²) >= 11 is 6.53. The highest BCUT2D eigenvalue weighted by Crippen LogP contribution is 2.48. The number of halogens is 1. The van der Waals surface area contributed by atoms with Crippen LogP contribution in [0.5, 0.6) is 5.75 Å². The van der Waals surface area contributed by atoms with Crippen LogP contribution in [0.4, 0.5) is 5.69 Å². The van der Waals surface area contributed by atoms with Crippen LogP contribution in [0.3, 0.4) is 0 Å². The van der Waals surface area contributed by atoms with Gasteiger partial charge in [-0.15, -0.1) is 0 Å². The zero-order chi connectivity index (χ0) is 19.6. The second kappa shape index (κ2) is 8.52. The summed E-state index contributed by atoms with van der Waals surface area (Å²) in [5.41, 5.74) is 1.58. The third-order valence-electron chi connectivity index (χ3n) is 7.37. The van der Waals surface area contributed by atoms with Crippen LogP contribution >= 0.6 is 11.6 Å². The highest BCUT2D eigenvalue weighted by molar-refractivity contribution is 6.33. The van der Waals surface area contributed by atoms with Gasteiger partial charge in [0.1, 0.15) is 5.75 Å². The Labute approximate surface area is 173 Å². The van der Waals surface area contributed by atoms with Crippen LogP contribution in [0, 0.1) is 11.3 Å². The Morgan fingerprint density at radius 3 is 2.46 bits per heavy atom. The third-order valence-corrected chi connectivity index (χ3v) is 7.69. The number of aliphatic carboxylic acids is 1. The standard InChI is InChI=1S/C23H32ClNO3/c24-20-6-5-19(28-18-2-1-3-18)16-21(20)25-14-12-23(13-15-25)10-8-17(9-11-23)4-7-22(26)27/h5-6,16-18H,1-4,7-15H2,(H,26,27). The van der Waals surface area contributed by atoms with E-state index in [1.54, 1.807) is 0 Å². The summed E-state index contributed by atoms with van der Waals surface area (Å²) in [6.45, 7) is 2.10. The van der Waals surface area contributed by atoms with Crippen molar-refractivity contribution in [2.75, 3.05) is 18.0 Å². The second-order valence-electron chi connectivity index (χ2n) is 9.15. The number of carbonyl (C=O) groups is 1. The van der Waals surface area contributed by atoms with Crippen molar-refractivity contribution in [3.05, 3.63) is 23.2 Å². The molecular formula is C23H32ClNO3. The Balaban J connectivity index is 1.32. The number of hydrogen-bond donors (Lipinski definition) is 1. The van der Waals surface area contributed by atoms with Crippen molar-refractivity contribution in [1.82, 2.24) is 0 Å². The van der Waals surface area contributed by atoms with Crippen molar-refractivity contribution in [3.63, 3.8) is 0 Å². The van der Waals surface area contributed by atoms with Crippen molar-refractivity contribution in [3.8, 4) is 5.75 Å². The summed E-state index contributed by atoms with van der Waals surface area (Å²) in [4.78, 5) is 13.2. The molecule has 1 aromatic carbocycles. The van der Waals surface area contributed by atoms with Crippen LogP contribution in [0.25, 0.3) is 0 Å². The Morgan fingerprint density at radius 1 is 1.14 bits per heavy atom. The van der Waals surface area contributed by atoms with Gasteiger partial charge in [0.25, 0.3) is 0 Å². The van der Waals surface area contributed by atoms with Crippen LogP contribution in [-0.2, 0) is 4.79 Å². The summed E-state index contributed by atoms with van der Waals surface area (Å²) in [5.74, 6) is 0.895. The van der Waals surface area contributed by atoms with Gasteiger partial charge < -0.3 is 14.7 Å². The van der Waals surface area contributed by atoms with E-state index in [1.807, 2.05) is 12.1 Å². The minimum absolute atomic E-state index is 0.323. The maximum absolute atomic E-state index is 10.8. The van der Waals surface area contributed by atoms with Crippen LogP contribution in [-0.4, -0.2) is 30.3 Å². The molecule has 1 aliphatic heterocycles. The zero-order valence-electron chi connectivity index (χ0n) is 16.7. The smallest absolute Gasteiger partial charge is 0.303 e. The number of nitrogens with zero attached hydrogens (tertiary/aromatic N) is 1. The van der Waals surface area contributed by atoms with Crippen molar-refractivity contribution >= 4 is 23.3 Å². The Hall–Kier alpha value is -1.42. The highest BCUT2D eigenvalue weighted by Gasteiger charge is 2.38. The van der Waals surface area contributed by atoms with Gasteiger partial charge in [-0.1, -0.05) is 11.6 Å². The summed E-state index contributed by atoms with van der Waals surface area (Å²) in [7, 11) is 0. The molecule has 0 aromatic heterocycles. The molecule has 2 saturated carbocycles. The molecule has 154 valence electrons. The van der Waals surface area contributed by atoms with Crippen LogP contribution in [0.15, 0.2) is 18.2 Å². The molecular weight excluding hydrogens is 374 g/mol. The van der Waals surface area contributed by atoms with Crippen molar-refractivity contribution in [2.45, 2.75) is 76.7 Å². The number of ether oxygens (including phenoxy) is 1. The van der Waals surface area contributed by atoms with Gasteiger partial charge in [-0.25, -0.2) is 0 Å². The number of anilines is 1. The average Bonchev–Trinajstić information content (AvgIpc) is 2.66. The molecule has 1 aromatic rings. The number of rotatable bonds is 6. The van der Waals surface area contributed by atoms with E-state index in [2.05, 4.69) is 11.0 Å². The lowest BCUT2D eigenvalue weighted by molar-refractivity contribution is -0.137. The van der Waals surface area contributed by atoms with Gasteiger partial charge >= 0.3 is 5.97 Å². The number of carboxylic acids is 1. The number of carboxylic acid groups (broad SMARTS) is 1. The molecule has 0 unspecified atom stereocenters. The molecule has 2 aliphatic carbocycles. The van der Waals surface area contributed by atoms with E-state index in [0.29, 0.717) is 23.9 Å². The van der Waals surface area contributed by atoms with Gasteiger partial charge in [-0.05, 0) is 87.7 Å². The monoisotopic (exact) mass is 405 g/mol. The maximum atomic E-state index is 10.8. The molecule has 4 rings (SSSR count). The number of benzene rings is 1. The molecule has 0 amide bonds. The number of piperidine rings is 1. The lowest BCUT2D eigenvalue weighted by atomic mass is 9.65. The van der Waals surface area contributed by atoms with Gasteiger partial charge in [0.15, 0.2) is 0 Å². The van der Waals surface area contributed by atoms with Crippen molar-refractivity contribution in [1.29, 1.82) is 0 Å². The molecule has 0 atom stereocenters. The molecule has 4 nitrogen and oxygen atoms in total. The predicted octanol–water partition coefficient (Wildman–Crippen LogP) is 5.91. The van der Waals surface area contributed by atoms with Crippen LogP contribution < -0.4 is 9.64 Å². The SMILES string of the molecule is O=C(O)CCC1CCC2(CC1)CCN(c1cc(OC3CCC3)ccc1Cl)CC2. The lowest BCUT2D eigenvalue weighted by Crippen LogP contribution is -2.42. The lowest BCUT2D eigenvalue weighted by Gasteiger charge is -2.46. The molecule has 3 aliphatic rings. The molecule has 5 heteroatoms. The normalized spacial score (nSPS) is 22.8. The quantitative estimate of drug-likeness (QED) is 0.638. The fourth-order valence-electron chi connectivity index (χ4n) is 5.12. The number of hydrogen-bond acceptors (Lipinski definition) is 3. The van der Waals surface area contributed by atoms with E-state index in [4.69, 9.17) is 21.4 Å². The molecule has 28 heavy (non-hydrogen) atoms. The summed E-state index contributed by atoms with van der Waals surface area (Å²) in [6, 6.07) is 6.10. The largest absolute Gasteiger partial charge is 0.490 e. The second-order valence-corrected chi connectivity index (χ2v) is 9.55. The fourth-order valence-corrected chi connectivity index (χ4v) is 5.35. The first kappa shape index (κ1) is 19.9. The first-order chi connectivity index (χ1) is 13.5. The molecule has 1 N–H and O–H groups in total. The minimum atomic E-state index is -0.658. The summed E-state index contributed by atoms with van der Waals surface area (Å²) in [5, 5.41) is 9.72. The van der Waals surface area contributed by atoms with E-state index in [0.717, 1.165) is 48.8 Å². The first-order valence-corrected chi connectivity index (χ1v) is 11.3.